The van der Waals surface area contributed by atoms with E-state index in [-0.39, 0.29) is 0 Å². The normalized spacial score (nSPS) is 17.0. The summed E-state index contributed by atoms with van der Waals surface area (Å²) in [7, 11) is 0. The molecule has 0 unspecified atom stereocenters. The summed E-state index contributed by atoms with van der Waals surface area (Å²) in [6.07, 6.45) is 9.24. The molecule has 18 heavy (non-hydrogen) atoms. The van der Waals surface area contributed by atoms with Gasteiger partial charge in [0.15, 0.2) is 0 Å². The van der Waals surface area contributed by atoms with Gasteiger partial charge in [0.25, 0.3) is 0 Å². The largest absolute Gasteiger partial charge is 0.338 e. The van der Waals surface area contributed by atoms with Crippen LogP contribution in [0.5, 0.6) is 0 Å². The third-order valence-corrected chi connectivity index (χ3v) is 3.13. The molecule has 6 heteroatoms. The monoisotopic (exact) mass is 244 g/mol. The number of anilines is 1. The van der Waals surface area contributed by atoms with Gasteiger partial charge in [-0.2, -0.15) is 0 Å². The number of aromatic nitrogens is 4. The average Bonchev–Trinajstić information content (AvgIpc) is 2.94. The topological polar surface area (TPSA) is 50.1 Å². The third-order valence-electron chi connectivity index (χ3n) is 3.13. The molecule has 1 saturated heterocycles. The van der Waals surface area contributed by atoms with E-state index in [9.17, 15) is 0 Å². The summed E-state index contributed by atoms with van der Waals surface area (Å²) in [6.45, 7) is 4.90. The zero-order chi connectivity index (χ0) is 12.2. The standard InChI is InChI=1S/C12H16N6/c1-2-14-12(15-3-1)18-8-6-16(7-9-18)11-17-5-4-13-10-17/h1-5,10H,6-9,11H2. The number of hydrogen-bond donors (Lipinski definition) is 0. The fraction of sp³-hybridized carbons (Fsp3) is 0.417. The molecule has 0 aliphatic carbocycles. The van der Waals surface area contributed by atoms with Crippen LogP contribution < -0.4 is 4.90 Å². The van der Waals surface area contributed by atoms with E-state index in [1.807, 2.05) is 24.8 Å². The van der Waals surface area contributed by atoms with E-state index in [1.54, 1.807) is 12.4 Å². The number of imidazole rings is 1. The lowest BCUT2D eigenvalue weighted by atomic mass is 10.3. The Labute approximate surface area is 106 Å². The minimum atomic E-state index is 0.833. The molecule has 1 aliphatic heterocycles. The van der Waals surface area contributed by atoms with Crippen LogP contribution in [0.4, 0.5) is 5.95 Å². The molecule has 1 fully saturated rings. The zero-order valence-electron chi connectivity index (χ0n) is 10.2. The molecule has 6 nitrogen and oxygen atoms in total. The first kappa shape index (κ1) is 11.2. The highest BCUT2D eigenvalue weighted by Gasteiger charge is 2.18. The van der Waals surface area contributed by atoms with Crippen LogP contribution in [0.2, 0.25) is 0 Å². The predicted molar refractivity (Wildman–Crippen MR) is 68.0 cm³/mol. The van der Waals surface area contributed by atoms with Crippen LogP contribution >= 0.6 is 0 Å². The van der Waals surface area contributed by atoms with Gasteiger partial charge in [-0.3, -0.25) is 4.90 Å². The minimum absolute atomic E-state index is 0.833. The first-order valence-electron chi connectivity index (χ1n) is 6.12. The summed E-state index contributed by atoms with van der Waals surface area (Å²) >= 11 is 0. The van der Waals surface area contributed by atoms with E-state index in [1.165, 1.54) is 0 Å². The summed E-state index contributed by atoms with van der Waals surface area (Å²) in [5.74, 6) is 0.833. The molecule has 3 heterocycles. The number of nitrogens with zero attached hydrogens (tertiary/aromatic N) is 6. The van der Waals surface area contributed by atoms with Gasteiger partial charge in [-0.1, -0.05) is 0 Å². The van der Waals surface area contributed by atoms with Crippen LogP contribution in [-0.4, -0.2) is 50.6 Å². The SMILES string of the molecule is c1cnc(N2CCN(Cn3ccnc3)CC2)nc1. The van der Waals surface area contributed by atoms with Crippen LogP contribution in [0.1, 0.15) is 0 Å². The quantitative estimate of drug-likeness (QED) is 0.784. The molecule has 0 bridgehead atoms. The summed E-state index contributed by atoms with van der Waals surface area (Å²) in [5, 5.41) is 0. The first-order chi connectivity index (χ1) is 8.92. The molecule has 0 atom stereocenters. The molecular formula is C12H16N6. The summed E-state index contributed by atoms with van der Waals surface area (Å²) in [5.41, 5.74) is 0. The summed E-state index contributed by atoms with van der Waals surface area (Å²) in [6, 6.07) is 1.85. The van der Waals surface area contributed by atoms with Gasteiger partial charge in [0.2, 0.25) is 5.95 Å². The van der Waals surface area contributed by atoms with Crippen molar-refractivity contribution in [1.29, 1.82) is 0 Å². The van der Waals surface area contributed by atoms with E-state index in [2.05, 4.69) is 29.3 Å². The molecule has 0 spiro atoms. The fourth-order valence-corrected chi connectivity index (χ4v) is 2.15. The molecular weight excluding hydrogens is 228 g/mol. The van der Waals surface area contributed by atoms with E-state index < -0.39 is 0 Å². The van der Waals surface area contributed by atoms with Gasteiger partial charge in [0.05, 0.1) is 13.0 Å². The Hall–Kier alpha value is -1.95. The van der Waals surface area contributed by atoms with Crippen molar-refractivity contribution in [1.82, 2.24) is 24.4 Å². The molecule has 0 radical (unpaired) electrons. The Morgan fingerprint density at radius 2 is 1.78 bits per heavy atom. The summed E-state index contributed by atoms with van der Waals surface area (Å²) in [4.78, 5) is 17.3. The lowest BCUT2D eigenvalue weighted by molar-refractivity contribution is 0.205. The van der Waals surface area contributed by atoms with Crippen molar-refractivity contribution in [3.8, 4) is 0 Å². The van der Waals surface area contributed by atoms with Crippen molar-refractivity contribution in [3.63, 3.8) is 0 Å². The van der Waals surface area contributed by atoms with Crippen molar-refractivity contribution in [2.45, 2.75) is 6.67 Å². The smallest absolute Gasteiger partial charge is 0.225 e. The highest BCUT2D eigenvalue weighted by Crippen LogP contribution is 2.10. The Balaban J connectivity index is 1.55. The molecule has 0 aromatic carbocycles. The molecule has 0 amide bonds. The molecule has 94 valence electrons. The lowest BCUT2D eigenvalue weighted by Crippen LogP contribution is -2.47. The van der Waals surface area contributed by atoms with Gasteiger partial charge in [-0.15, -0.1) is 0 Å². The van der Waals surface area contributed by atoms with Gasteiger partial charge in [-0.05, 0) is 6.07 Å². The van der Waals surface area contributed by atoms with Gasteiger partial charge in [0, 0.05) is 51.0 Å². The van der Waals surface area contributed by atoms with Gasteiger partial charge in [0.1, 0.15) is 0 Å². The Bertz CT molecular complexity index is 461. The van der Waals surface area contributed by atoms with Gasteiger partial charge >= 0.3 is 0 Å². The van der Waals surface area contributed by atoms with Crippen LogP contribution in [0.3, 0.4) is 0 Å². The van der Waals surface area contributed by atoms with Gasteiger partial charge in [-0.25, -0.2) is 15.0 Å². The maximum atomic E-state index is 4.28. The molecule has 1 aliphatic rings. The molecule has 3 rings (SSSR count). The second kappa shape index (κ2) is 5.14. The van der Waals surface area contributed by atoms with E-state index in [0.717, 1.165) is 38.8 Å². The van der Waals surface area contributed by atoms with Crippen LogP contribution in [0.15, 0.2) is 37.2 Å². The second-order valence-corrected chi connectivity index (χ2v) is 4.37. The molecule has 2 aromatic rings. The number of hydrogen-bond acceptors (Lipinski definition) is 5. The van der Waals surface area contributed by atoms with Crippen molar-refractivity contribution < 1.29 is 0 Å². The highest BCUT2D eigenvalue weighted by atomic mass is 15.3. The van der Waals surface area contributed by atoms with E-state index in [4.69, 9.17) is 0 Å². The Morgan fingerprint density at radius 3 is 2.44 bits per heavy atom. The van der Waals surface area contributed by atoms with Gasteiger partial charge < -0.3 is 9.47 Å². The first-order valence-corrected chi connectivity index (χ1v) is 6.12. The molecule has 0 N–H and O–H groups in total. The number of piperazine rings is 1. The highest BCUT2D eigenvalue weighted by molar-refractivity contribution is 5.28. The van der Waals surface area contributed by atoms with Crippen molar-refractivity contribution in [2.75, 3.05) is 31.1 Å². The average molecular weight is 244 g/mol. The second-order valence-electron chi connectivity index (χ2n) is 4.37. The molecule has 2 aromatic heterocycles. The van der Waals surface area contributed by atoms with Crippen LogP contribution in [0, 0.1) is 0 Å². The molecule has 0 saturated carbocycles. The van der Waals surface area contributed by atoms with Crippen molar-refractivity contribution in [2.24, 2.45) is 0 Å². The Kier molecular flexibility index (Phi) is 3.18. The predicted octanol–water partition coefficient (Wildman–Crippen LogP) is 0.453. The lowest BCUT2D eigenvalue weighted by Gasteiger charge is -2.34. The van der Waals surface area contributed by atoms with E-state index >= 15 is 0 Å². The Morgan fingerprint density at radius 1 is 1.00 bits per heavy atom. The summed E-state index contributed by atoms with van der Waals surface area (Å²) < 4.78 is 2.09. The fourth-order valence-electron chi connectivity index (χ4n) is 2.15. The van der Waals surface area contributed by atoms with Crippen LogP contribution in [-0.2, 0) is 6.67 Å². The number of rotatable bonds is 3. The maximum Gasteiger partial charge on any atom is 0.225 e. The maximum absolute atomic E-state index is 4.28. The van der Waals surface area contributed by atoms with Crippen molar-refractivity contribution >= 4 is 5.95 Å². The van der Waals surface area contributed by atoms with Crippen LogP contribution in [0.25, 0.3) is 0 Å². The minimum Gasteiger partial charge on any atom is -0.338 e. The third kappa shape index (κ3) is 2.48. The van der Waals surface area contributed by atoms with E-state index in [0.29, 0.717) is 0 Å². The van der Waals surface area contributed by atoms with Crippen molar-refractivity contribution in [3.05, 3.63) is 37.2 Å². The zero-order valence-corrected chi connectivity index (χ0v) is 10.2.